The van der Waals surface area contributed by atoms with Gasteiger partial charge in [-0.2, -0.15) is 0 Å². The van der Waals surface area contributed by atoms with Gasteiger partial charge in [-0.05, 0) is 37.6 Å². The topological polar surface area (TPSA) is 98.7 Å². The van der Waals surface area contributed by atoms with E-state index in [4.69, 9.17) is 5.11 Å². The number of aliphatic hydroxyl groups is 1. The van der Waals surface area contributed by atoms with E-state index in [-0.39, 0.29) is 6.54 Å². The Balaban J connectivity index is 2.56. The van der Waals surface area contributed by atoms with Crippen LogP contribution >= 0.6 is 15.9 Å². The fraction of sp³-hybridized carbons (Fsp3) is 0.333. The predicted molar refractivity (Wildman–Crippen MR) is 74.2 cm³/mol. The highest BCUT2D eigenvalue weighted by Gasteiger charge is 2.30. The van der Waals surface area contributed by atoms with E-state index in [2.05, 4.69) is 26.6 Å². The average Bonchev–Trinajstić information content (AvgIpc) is 2.31. The Labute approximate surface area is 118 Å². The first kappa shape index (κ1) is 15.5. The molecule has 0 saturated carbocycles. The Hall–Kier alpha value is -1.60. The van der Waals surface area contributed by atoms with Crippen molar-refractivity contribution in [2.75, 3.05) is 11.9 Å². The average molecular weight is 331 g/mol. The first-order valence-electron chi connectivity index (χ1n) is 5.49. The molecule has 6 nitrogen and oxygen atoms in total. The highest BCUT2D eigenvalue weighted by molar-refractivity contribution is 9.10. The number of nitrogens with one attached hydrogen (secondary N) is 2. The second-order valence-corrected chi connectivity index (χ2v) is 5.20. The molecule has 1 rings (SSSR count). The van der Waals surface area contributed by atoms with Crippen LogP contribution in [0.1, 0.15) is 12.5 Å². The van der Waals surface area contributed by atoms with Crippen LogP contribution in [0.25, 0.3) is 0 Å². The molecule has 4 N–H and O–H groups in total. The summed E-state index contributed by atoms with van der Waals surface area (Å²) in [6, 6.07) is 4.67. The standard InChI is InChI=1S/C12H15BrN2O4/c1-7-5-8(3-4-9(7)13)15-11(18)14-6-12(2,19)10(16)17/h3-5,19H,6H2,1-2H3,(H,16,17)(H2,14,15,18). The number of hydrogen-bond acceptors (Lipinski definition) is 3. The molecular formula is C12H15BrN2O4. The Morgan fingerprint density at radius 1 is 1.42 bits per heavy atom. The van der Waals surface area contributed by atoms with Crippen molar-refractivity contribution in [3.8, 4) is 0 Å². The lowest BCUT2D eigenvalue weighted by Gasteiger charge is -2.18. The highest BCUT2D eigenvalue weighted by atomic mass is 79.9. The van der Waals surface area contributed by atoms with E-state index in [0.717, 1.165) is 17.0 Å². The quantitative estimate of drug-likeness (QED) is 0.675. The largest absolute Gasteiger partial charge is 0.479 e. The molecule has 2 amide bonds. The van der Waals surface area contributed by atoms with Gasteiger partial charge in [-0.1, -0.05) is 15.9 Å². The van der Waals surface area contributed by atoms with Gasteiger partial charge in [-0.15, -0.1) is 0 Å². The predicted octanol–water partition coefficient (Wildman–Crippen LogP) is 1.71. The fourth-order valence-electron chi connectivity index (χ4n) is 1.23. The van der Waals surface area contributed by atoms with E-state index in [1.54, 1.807) is 18.2 Å². The number of aliphatic carboxylic acids is 1. The van der Waals surface area contributed by atoms with Crippen molar-refractivity contribution in [3.05, 3.63) is 28.2 Å². The van der Waals surface area contributed by atoms with Gasteiger partial charge in [0.15, 0.2) is 5.60 Å². The van der Waals surface area contributed by atoms with Crippen LogP contribution in [-0.2, 0) is 4.79 Å². The van der Waals surface area contributed by atoms with Crippen LogP contribution in [0.2, 0.25) is 0 Å². The van der Waals surface area contributed by atoms with Crippen LogP contribution in [0.3, 0.4) is 0 Å². The maximum Gasteiger partial charge on any atom is 0.337 e. The van der Waals surface area contributed by atoms with E-state index in [9.17, 15) is 14.7 Å². The molecule has 0 aromatic heterocycles. The lowest BCUT2D eigenvalue weighted by molar-refractivity contribution is -0.155. The van der Waals surface area contributed by atoms with Crippen molar-refractivity contribution in [2.24, 2.45) is 0 Å². The molecule has 1 atom stereocenters. The molecule has 0 aliphatic rings. The number of carboxylic acids is 1. The zero-order chi connectivity index (χ0) is 14.6. The van der Waals surface area contributed by atoms with Gasteiger partial charge in [0.2, 0.25) is 0 Å². The van der Waals surface area contributed by atoms with Crippen LogP contribution in [0, 0.1) is 6.92 Å². The minimum Gasteiger partial charge on any atom is -0.479 e. The molecule has 1 unspecified atom stereocenters. The Morgan fingerprint density at radius 2 is 2.05 bits per heavy atom. The maximum atomic E-state index is 11.5. The number of aryl methyl sites for hydroxylation is 1. The third kappa shape index (κ3) is 4.53. The summed E-state index contributed by atoms with van der Waals surface area (Å²) in [5, 5.41) is 23.0. The zero-order valence-electron chi connectivity index (χ0n) is 10.5. The number of rotatable bonds is 4. The van der Waals surface area contributed by atoms with Gasteiger partial charge in [-0.25, -0.2) is 9.59 Å². The number of halogens is 1. The van der Waals surface area contributed by atoms with Crippen LogP contribution in [-0.4, -0.2) is 34.4 Å². The second-order valence-electron chi connectivity index (χ2n) is 4.35. The van der Waals surface area contributed by atoms with Crippen molar-refractivity contribution in [1.82, 2.24) is 5.32 Å². The number of urea groups is 1. The first-order chi connectivity index (χ1) is 8.72. The lowest BCUT2D eigenvalue weighted by atomic mass is 10.1. The molecule has 1 aromatic carbocycles. The summed E-state index contributed by atoms with van der Waals surface area (Å²) in [4.78, 5) is 22.2. The van der Waals surface area contributed by atoms with Gasteiger partial charge in [0, 0.05) is 10.2 Å². The van der Waals surface area contributed by atoms with E-state index in [0.29, 0.717) is 5.69 Å². The van der Waals surface area contributed by atoms with Gasteiger partial charge in [0.25, 0.3) is 0 Å². The molecule has 7 heteroatoms. The number of carbonyl (C=O) groups is 2. The van der Waals surface area contributed by atoms with Gasteiger partial charge < -0.3 is 20.8 Å². The van der Waals surface area contributed by atoms with Crippen molar-refractivity contribution in [2.45, 2.75) is 19.4 Å². The number of amides is 2. The van der Waals surface area contributed by atoms with Gasteiger partial charge in [-0.3, -0.25) is 0 Å². The highest BCUT2D eigenvalue weighted by Crippen LogP contribution is 2.19. The summed E-state index contributed by atoms with van der Waals surface area (Å²) in [5.74, 6) is -1.40. The summed E-state index contributed by atoms with van der Waals surface area (Å²) < 4.78 is 0.923. The molecule has 0 saturated heterocycles. The smallest absolute Gasteiger partial charge is 0.337 e. The second kappa shape index (κ2) is 6.03. The molecule has 104 valence electrons. The zero-order valence-corrected chi connectivity index (χ0v) is 12.1. The van der Waals surface area contributed by atoms with Crippen molar-refractivity contribution in [1.29, 1.82) is 0 Å². The van der Waals surface area contributed by atoms with Gasteiger partial charge in [0.1, 0.15) is 0 Å². The van der Waals surface area contributed by atoms with Crippen molar-refractivity contribution < 1.29 is 19.8 Å². The molecule has 1 aromatic rings. The Morgan fingerprint density at radius 3 is 2.58 bits per heavy atom. The monoisotopic (exact) mass is 330 g/mol. The maximum absolute atomic E-state index is 11.5. The minimum absolute atomic E-state index is 0.385. The Bertz CT molecular complexity index is 503. The molecule has 0 radical (unpaired) electrons. The van der Waals surface area contributed by atoms with E-state index < -0.39 is 17.6 Å². The SMILES string of the molecule is Cc1cc(NC(=O)NCC(C)(O)C(=O)O)ccc1Br. The molecule has 0 aliphatic carbocycles. The van der Waals surface area contributed by atoms with Crippen molar-refractivity contribution >= 4 is 33.6 Å². The van der Waals surface area contributed by atoms with E-state index in [1.165, 1.54) is 0 Å². The number of anilines is 1. The molecular weight excluding hydrogens is 316 g/mol. The molecule has 0 bridgehead atoms. The summed E-state index contributed by atoms with van der Waals surface area (Å²) in [7, 11) is 0. The summed E-state index contributed by atoms with van der Waals surface area (Å²) in [5.41, 5.74) is -0.462. The number of hydrogen-bond donors (Lipinski definition) is 4. The summed E-state index contributed by atoms with van der Waals surface area (Å²) >= 11 is 3.34. The molecule has 0 fully saturated rings. The summed E-state index contributed by atoms with van der Waals surface area (Å²) in [6.07, 6.45) is 0. The first-order valence-corrected chi connectivity index (χ1v) is 6.28. The van der Waals surface area contributed by atoms with Crippen LogP contribution in [0.5, 0.6) is 0 Å². The normalized spacial score (nSPS) is 13.5. The minimum atomic E-state index is -1.99. The van der Waals surface area contributed by atoms with E-state index >= 15 is 0 Å². The van der Waals surface area contributed by atoms with Crippen LogP contribution < -0.4 is 10.6 Å². The molecule has 0 spiro atoms. The van der Waals surface area contributed by atoms with Gasteiger partial charge in [0.05, 0.1) is 6.54 Å². The van der Waals surface area contributed by atoms with E-state index in [1.807, 2.05) is 6.92 Å². The van der Waals surface area contributed by atoms with Crippen LogP contribution in [0.15, 0.2) is 22.7 Å². The molecule has 19 heavy (non-hydrogen) atoms. The third-order valence-electron chi connectivity index (χ3n) is 2.47. The van der Waals surface area contributed by atoms with Crippen molar-refractivity contribution in [3.63, 3.8) is 0 Å². The summed E-state index contributed by atoms with van der Waals surface area (Å²) in [6.45, 7) is 2.60. The number of benzene rings is 1. The third-order valence-corrected chi connectivity index (χ3v) is 3.36. The number of carboxylic acid groups (broad SMARTS) is 1. The van der Waals surface area contributed by atoms with Gasteiger partial charge >= 0.3 is 12.0 Å². The fourth-order valence-corrected chi connectivity index (χ4v) is 1.47. The van der Waals surface area contributed by atoms with Crippen LogP contribution in [0.4, 0.5) is 10.5 Å². The molecule has 0 heterocycles. The molecule has 0 aliphatic heterocycles. The Kier molecular flexibility index (Phi) is 4.90. The number of carbonyl (C=O) groups excluding carboxylic acids is 1. The lowest BCUT2D eigenvalue weighted by Crippen LogP contribution is -2.47.